The fraction of sp³-hybridized carbons (Fsp3) is 0.263. The van der Waals surface area contributed by atoms with E-state index in [1.807, 2.05) is 0 Å². The lowest BCUT2D eigenvalue weighted by Gasteiger charge is -2.10. The van der Waals surface area contributed by atoms with E-state index in [0.717, 1.165) is 13.1 Å². The number of benzene rings is 3. The Morgan fingerprint density at radius 3 is 2.45 bits per heavy atom. The summed E-state index contributed by atoms with van der Waals surface area (Å²) in [5.41, 5.74) is 1.30. The molecular formula is C19H21NO2. The lowest BCUT2D eigenvalue weighted by molar-refractivity contribution is 0.0938. The molecule has 0 bridgehead atoms. The third-order valence-corrected chi connectivity index (χ3v) is 3.81. The van der Waals surface area contributed by atoms with Gasteiger partial charge in [0, 0.05) is 13.1 Å². The van der Waals surface area contributed by atoms with Gasteiger partial charge in [0.2, 0.25) is 0 Å². The predicted molar refractivity (Wildman–Crippen MR) is 91.1 cm³/mol. The second-order valence-electron chi connectivity index (χ2n) is 5.35. The molecule has 0 spiro atoms. The van der Waals surface area contributed by atoms with E-state index in [4.69, 9.17) is 9.84 Å². The normalized spacial score (nSPS) is 11.3. The fourth-order valence-electron chi connectivity index (χ4n) is 2.72. The molecule has 2 N–H and O–H groups in total. The zero-order chi connectivity index (χ0) is 15.2. The second-order valence-corrected chi connectivity index (χ2v) is 5.35. The van der Waals surface area contributed by atoms with Gasteiger partial charge in [-0.05, 0) is 39.2 Å². The summed E-state index contributed by atoms with van der Waals surface area (Å²) < 4.78 is 5.25. The molecule has 0 atom stereocenters. The Balaban J connectivity index is 1.76. The molecule has 3 rings (SSSR count). The van der Waals surface area contributed by atoms with E-state index >= 15 is 0 Å². The van der Waals surface area contributed by atoms with Crippen LogP contribution in [0.2, 0.25) is 0 Å². The van der Waals surface area contributed by atoms with Gasteiger partial charge < -0.3 is 15.2 Å². The Labute approximate surface area is 130 Å². The molecule has 0 fully saturated rings. The Bertz CT molecular complexity index is 755. The summed E-state index contributed by atoms with van der Waals surface area (Å²) >= 11 is 0. The maximum Gasteiger partial charge on any atom is 0.0698 e. The van der Waals surface area contributed by atoms with Gasteiger partial charge in [0.25, 0.3) is 0 Å². The Morgan fingerprint density at radius 2 is 1.64 bits per heavy atom. The maximum atomic E-state index is 8.66. The Kier molecular flexibility index (Phi) is 5.01. The molecule has 0 saturated heterocycles. The third kappa shape index (κ3) is 3.45. The van der Waals surface area contributed by atoms with Gasteiger partial charge in [-0.15, -0.1) is 0 Å². The molecule has 0 amide bonds. The molecule has 114 valence electrons. The number of aliphatic hydroxyl groups is 1. The summed E-state index contributed by atoms with van der Waals surface area (Å²) in [7, 11) is 0. The minimum absolute atomic E-state index is 0.0798. The van der Waals surface area contributed by atoms with Crippen molar-refractivity contribution < 1.29 is 9.84 Å². The number of rotatable bonds is 7. The summed E-state index contributed by atoms with van der Waals surface area (Å²) in [5, 5.41) is 17.2. The first-order valence-corrected chi connectivity index (χ1v) is 7.68. The van der Waals surface area contributed by atoms with Crippen LogP contribution >= 0.6 is 0 Å². The molecule has 3 aromatic carbocycles. The number of hydrogen-bond donors (Lipinski definition) is 2. The average Bonchev–Trinajstić information content (AvgIpc) is 2.56. The Morgan fingerprint density at radius 1 is 0.864 bits per heavy atom. The van der Waals surface area contributed by atoms with E-state index in [9.17, 15) is 0 Å². The highest BCUT2D eigenvalue weighted by Gasteiger charge is 2.03. The molecule has 3 aromatic rings. The van der Waals surface area contributed by atoms with Gasteiger partial charge in [0.05, 0.1) is 19.8 Å². The minimum atomic E-state index is 0.0798. The lowest BCUT2D eigenvalue weighted by atomic mass is 10.00. The predicted octanol–water partition coefficient (Wildman–Crippen LogP) is 3.09. The van der Waals surface area contributed by atoms with E-state index in [1.54, 1.807) is 0 Å². The van der Waals surface area contributed by atoms with Gasteiger partial charge in [0.1, 0.15) is 0 Å². The highest BCUT2D eigenvalue weighted by molar-refractivity contribution is 5.99. The van der Waals surface area contributed by atoms with E-state index < -0.39 is 0 Å². The standard InChI is InChI=1S/C19H21NO2/c21-9-11-22-10-8-20-14-18-7-3-6-17-12-15-4-1-2-5-16(15)13-19(17)18/h1-7,12-13,20-21H,8-11,14H2. The largest absolute Gasteiger partial charge is 0.394 e. The summed E-state index contributed by atoms with van der Waals surface area (Å²) in [5.74, 6) is 0. The van der Waals surface area contributed by atoms with Crippen molar-refractivity contribution in [1.29, 1.82) is 0 Å². The zero-order valence-corrected chi connectivity index (χ0v) is 12.6. The third-order valence-electron chi connectivity index (χ3n) is 3.81. The molecule has 0 heterocycles. The van der Waals surface area contributed by atoms with Gasteiger partial charge >= 0.3 is 0 Å². The second kappa shape index (κ2) is 7.36. The number of ether oxygens (including phenoxy) is 1. The molecule has 0 saturated carbocycles. The van der Waals surface area contributed by atoms with Crippen molar-refractivity contribution in [3.05, 3.63) is 60.2 Å². The van der Waals surface area contributed by atoms with E-state index in [-0.39, 0.29) is 6.61 Å². The monoisotopic (exact) mass is 295 g/mol. The summed E-state index contributed by atoms with van der Waals surface area (Å²) in [6.45, 7) is 2.70. The van der Waals surface area contributed by atoms with Crippen LogP contribution in [-0.4, -0.2) is 31.5 Å². The van der Waals surface area contributed by atoms with Crippen LogP contribution in [0.15, 0.2) is 54.6 Å². The fourth-order valence-corrected chi connectivity index (χ4v) is 2.72. The molecule has 0 radical (unpaired) electrons. The van der Waals surface area contributed by atoms with Crippen LogP contribution < -0.4 is 5.32 Å². The zero-order valence-electron chi connectivity index (χ0n) is 12.6. The first-order chi connectivity index (χ1) is 10.9. The first-order valence-electron chi connectivity index (χ1n) is 7.68. The molecule has 3 heteroatoms. The average molecular weight is 295 g/mol. The van der Waals surface area contributed by atoms with E-state index in [2.05, 4.69) is 59.9 Å². The van der Waals surface area contributed by atoms with Crippen molar-refractivity contribution in [3.63, 3.8) is 0 Å². The first kappa shape index (κ1) is 15.0. The van der Waals surface area contributed by atoms with Crippen LogP contribution in [0.4, 0.5) is 0 Å². The molecule has 0 aromatic heterocycles. The van der Waals surface area contributed by atoms with Crippen LogP contribution in [0.1, 0.15) is 5.56 Å². The number of aliphatic hydroxyl groups excluding tert-OH is 1. The van der Waals surface area contributed by atoms with Crippen LogP contribution in [0.5, 0.6) is 0 Å². The quantitative estimate of drug-likeness (QED) is 0.520. The van der Waals surface area contributed by atoms with Crippen molar-refractivity contribution >= 4 is 21.5 Å². The maximum absolute atomic E-state index is 8.66. The highest BCUT2D eigenvalue weighted by Crippen LogP contribution is 2.25. The number of fused-ring (bicyclic) bond motifs is 2. The smallest absolute Gasteiger partial charge is 0.0698 e. The minimum Gasteiger partial charge on any atom is -0.394 e. The van der Waals surface area contributed by atoms with Crippen molar-refractivity contribution in [3.8, 4) is 0 Å². The van der Waals surface area contributed by atoms with Crippen LogP contribution in [-0.2, 0) is 11.3 Å². The van der Waals surface area contributed by atoms with Crippen molar-refractivity contribution in [2.24, 2.45) is 0 Å². The Hall–Kier alpha value is -1.94. The summed E-state index contributed by atoms with van der Waals surface area (Å²) in [4.78, 5) is 0. The van der Waals surface area contributed by atoms with Crippen molar-refractivity contribution in [2.75, 3.05) is 26.4 Å². The molecule has 22 heavy (non-hydrogen) atoms. The van der Waals surface area contributed by atoms with Crippen molar-refractivity contribution in [2.45, 2.75) is 6.54 Å². The molecular weight excluding hydrogens is 274 g/mol. The van der Waals surface area contributed by atoms with Gasteiger partial charge in [-0.1, -0.05) is 42.5 Å². The van der Waals surface area contributed by atoms with Gasteiger partial charge in [0.15, 0.2) is 0 Å². The molecule has 0 aliphatic heterocycles. The van der Waals surface area contributed by atoms with Crippen LogP contribution in [0.25, 0.3) is 21.5 Å². The number of hydrogen-bond acceptors (Lipinski definition) is 3. The molecule has 0 unspecified atom stereocenters. The van der Waals surface area contributed by atoms with E-state index in [1.165, 1.54) is 27.1 Å². The van der Waals surface area contributed by atoms with Crippen LogP contribution in [0.3, 0.4) is 0 Å². The van der Waals surface area contributed by atoms with E-state index in [0.29, 0.717) is 13.2 Å². The van der Waals surface area contributed by atoms with Gasteiger partial charge in [-0.2, -0.15) is 0 Å². The number of nitrogens with one attached hydrogen (secondary N) is 1. The van der Waals surface area contributed by atoms with Gasteiger partial charge in [-0.3, -0.25) is 0 Å². The topological polar surface area (TPSA) is 41.5 Å². The molecule has 0 aliphatic carbocycles. The van der Waals surface area contributed by atoms with Crippen molar-refractivity contribution in [1.82, 2.24) is 5.32 Å². The molecule has 3 nitrogen and oxygen atoms in total. The highest BCUT2D eigenvalue weighted by atomic mass is 16.5. The van der Waals surface area contributed by atoms with Gasteiger partial charge in [-0.25, -0.2) is 0 Å². The SMILES string of the molecule is OCCOCCNCc1cccc2cc3ccccc3cc12. The summed E-state index contributed by atoms with van der Waals surface area (Å²) in [6.07, 6.45) is 0. The lowest BCUT2D eigenvalue weighted by Crippen LogP contribution is -2.20. The van der Waals surface area contributed by atoms with Crippen LogP contribution in [0, 0.1) is 0 Å². The molecule has 0 aliphatic rings. The summed E-state index contributed by atoms with van der Waals surface area (Å²) in [6, 6.07) is 19.4.